The van der Waals surface area contributed by atoms with E-state index in [9.17, 15) is 23.6 Å². The Hall–Kier alpha value is -3.05. The van der Waals surface area contributed by atoms with Crippen LogP contribution < -0.4 is 0 Å². The Balaban J connectivity index is 1.81. The molecule has 0 aliphatic rings. The second-order valence-electron chi connectivity index (χ2n) is 7.21. The van der Waals surface area contributed by atoms with Crippen molar-refractivity contribution >= 4 is 43.6 Å². The van der Waals surface area contributed by atoms with Crippen molar-refractivity contribution in [3.63, 3.8) is 0 Å². The zero-order valence-corrected chi connectivity index (χ0v) is 19.2. The lowest BCUT2D eigenvalue weighted by atomic mass is 10.0. The predicted molar refractivity (Wildman–Crippen MR) is 120 cm³/mol. The first-order chi connectivity index (χ1) is 15.3. The predicted octanol–water partition coefficient (Wildman–Crippen LogP) is 3.57. The number of carboxylic acid groups (broad SMARTS) is 1. The van der Waals surface area contributed by atoms with Crippen molar-refractivity contribution in [2.45, 2.75) is 18.1 Å². The van der Waals surface area contributed by atoms with Gasteiger partial charge in [0.05, 0.1) is 27.9 Å². The molecule has 0 saturated heterocycles. The van der Waals surface area contributed by atoms with Crippen molar-refractivity contribution in [3.05, 3.63) is 75.7 Å². The van der Waals surface area contributed by atoms with Crippen LogP contribution >= 0.6 is 15.9 Å². The van der Waals surface area contributed by atoms with E-state index in [1.165, 1.54) is 29.5 Å². The van der Waals surface area contributed by atoms with Gasteiger partial charge in [-0.05, 0) is 39.7 Å². The highest BCUT2D eigenvalue weighted by atomic mass is 79.9. The Morgan fingerprint density at radius 1 is 1.25 bits per heavy atom. The van der Waals surface area contributed by atoms with Crippen molar-refractivity contribution in [3.8, 4) is 5.75 Å². The van der Waals surface area contributed by atoms with Gasteiger partial charge in [0.25, 0.3) is 0 Å². The number of hydrogen-bond donors (Lipinski definition) is 2. The van der Waals surface area contributed by atoms with Crippen LogP contribution in [-0.2, 0) is 35.9 Å². The van der Waals surface area contributed by atoms with E-state index in [-0.39, 0.29) is 35.2 Å². The molecular formula is C21H18BrFN4O4S. The highest BCUT2D eigenvalue weighted by Gasteiger charge is 2.27. The van der Waals surface area contributed by atoms with Crippen molar-refractivity contribution < 1.29 is 23.6 Å². The average Bonchev–Trinajstić information content (AvgIpc) is 3.34. The van der Waals surface area contributed by atoms with E-state index in [2.05, 4.69) is 26.0 Å². The quantitative estimate of drug-likeness (QED) is 0.385. The summed E-state index contributed by atoms with van der Waals surface area (Å²) < 4.78 is 29.6. The minimum absolute atomic E-state index is 0.0205. The van der Waals surface area contributed by atoms with Crippen LogP contribution in [0, 0.1) is 5.82 Å². The molecule has 4 rings (SSSR count). The van der Waals surface area contributed by atoms with Crippen LogP contribution in [0.1, 0.15) is 27.2 Å². The van der Waals surface area contributed by atoms with Gasteiger partial charge in [0, 0.05) is 40.2 Å². The monoisotopic (exact) mass is 520 g/mol. The van der Waals surface area contributed by atoms with Crippen LogP contribution in [-0.4, -0.2) is 39.7 Å². The van der Waals surface area contributed by atoms with E-state index in [0.29, 0.717) is 32.2 Å². The molecule has 2 heterocycles. The van der Waals surface area contributed by atoms with Gasteiger partial charge in [-0.15, -0.1) is 0 Å². The number of nitrogens with zero attached hydrogens (tertiary/aromatic N) is 4. The molecule has 0 amide bonds. The van der Waals surface area contributed by atoms with Crippen molar-refractivity contribution in [1.82, 2.24) is 19.3 Å². The molecule has 2 aromatic heterocycles. The number of rotatable bonds is 7. The molecule has 1 unspecified atom stereocenters. The molecule has 11 heteroatoms. The number of aryl methyl sites for hydroxylation is 1. The normalized spacial score (nSPS) is 12.3. The van der Waals surface area contributed by atoms with Gasteiger partial charge in [-0.2, -0.15) is 5.10 Å². The standard InChI is InChI=1S/C21H18BrFN4O4S/c1-26-16-6-15(22)20(28)14(7-27-11-24-10-25-27)18(16)19(21(29)30)17(26)9-32(31)8-12-2-4-13(23)5-3-12/h2-6,10-11,28H,7-9H2,1H3,(H,29,30). The van der Waals surface area contributed by atoms with Crippen molar-refractivity contribution in [2.24, 2.45) is 7.05 Å². The number of halogens is 2. The average molecular weight is 521 g/mol. The van der Waals surface area contributed by atoms with Crippen LogP contribution in [0.2, 0.25) is 0 Å². The summed E-state index contributed by atoms with van der Waals surface area (Å²) in [7, 11) is 0.247. The first-order valence-electron chi connectivity index (χ1n) is 9.43. The Morgan fingerprint density at radius 3 is 2.59 bits per heavy atom. The molecule has 0 fully saturated rings. The zero-order valence-electron chi connectivity index (χ0n) is 16.8. The summed E-state index contributed by atoms with van der Waals surface area (Å²) in [6.45, 7) is 0.101. The largest absolute Gasteiger partial charge is 0.506 e. The van der Waals surface area contributed by atoms with Crippen LogP contribution in [0.3, 0.4) is 0 Å². The Labute approximate surface area is 192 Å². The number of aromatic nitrogens is 4. The van der Waals surface area contributed by atoms with Gasteiger partial charge in [0.1, 0.15) is 24.2 Å². The molecule has 166 valence electrons. The lowest BCUT2D eigenvalue weighted by molar-refractivity contribution is 0.0698. The summed E-state index contributed by atoms with van der Waals surface area (Å²) in [6, 6.07) is 7.33. The summed E-state index contributed by atoms with van der Waals surface area (Å²) in [5.41, 5.74) is 1.96. The lowest BCUT2D eigenvalue weighted by Gasteiger charge is -2.10. The number of aromatic carboxylic acids is 1. The molecular weight excluding hydrogens is 503 g/mol. The summed E-state index contributed by atoms with van der Waals surface area (Å²) >= 11 is 3.33. The fourth-order valence-electron chi connectivity index (χ4n) is 3.68. The third-order valence-electron chi connectivity index (χ3n) is 5.18. The number of carboxylic acids is 1. The van der Waals surface area contributed by atoms with Gasteiger partial charge in [0.15, 0.2) is 0 Å². The van der Waals surface area contributed by atoms with Gasteiger partial charge >= 0.3 is 5.97 Å². The minimum atomic E-state index is -1.45. The maximum atomic E-state index is 13.1. The van der Waals surface area contributed by atoms with Gasteiger partial charge in [-0.1, -0.05) is 12.1 Å². The van der Waals surface area contributed by atoms with Crippen LogP contribution in [0.5, 0.6) is 5.75 Å². The number of fused-ring (bicyclic) bond motifs is 1. The van der Waals surface area contributed by atoms with Gasteiger partial charge in [0.2, 0.25) is 0 Å². The molecule has 32 heavy (non-hydrogen) atoms. The topological polar surface area (TPSA) is 110 Å². The van der Waals surface area contributed by atoms with Gasteiger partial charge in [-0.25, -0.2) is 18.9 Å². The van der Waals surface area contributed by atoms with E-state index in [1.54, 1.807) is 29.8 Å². The zero-order chi connectivity index (χ0) is 23.0. The first kappa shape index (κ1) is 22.2. The fourth-order valence-corrected chi connectivity index (χ4v) is 5.44. The highest BCUT2D eigenvalue weighted by molar-refractivity contribution is 9.10. The Morgan fingerprint density at radius 2 is 1.97 bits per heavy atom. The molecule has 2 aromatic carbocycles. The molecule has 4 aromatic rings. The van der Waals surface area contributed by atoms with Crippen LogP contribution in [0.4, 0.5) is 4.39 Å². The second-order valence-corrected chi connectivity index (χ2v) is 9.52. The third-order valence-corrected chi connectivity index (χ3v) is 7.03. The molecule has 1 atom stereocenters. The van der Waals surface area contributed by atoms with E-state index in [4.69, 9.17) is 0 Å². The number of benzene rings is 2. The fraction of sp³-hybridized carbons (Fsp3) is 0.190. The second kappa shape index (κ2) is 8.83. The van der Waals surface area contributed by atoms with Crippen molar-refractivity contribution in [2.75, 3.05) is 0 Å². The molecule has 0 aliphatic heterocycles. The van der Waals surface area contributed by atoms with E-state index in [0.717, 1.165) is 0 Å². The third kappa shape index (κ3) is 4.17. The van der Waals surface area contributed by atoms with E-state index >= 15 is 0 Å². The molecule has 8 nitrogen and oxygen atoms in total. The maximum absolute atomic E-state index is 13.1. The first-order valence-corrected chi connectivity index (χ1v) is 11.7. The maximum Gasteiger partial charge on any atom is 0.338 e. The highest BCUT2D eigenvalue weighted by Crippen LogP contribution is 2.39. The molecule has 0 radical (unpaired) electrons. The van der Waals surface area contributed by atoms with Crippen molar-refractivity contribution in [1.29, 1.82) is 0 Å². The molecule has 0 aliphatic carbocycles. The molecule has 2 N–H and O–H groups in total. The summed E-state index contributed by atoms with van der Waals surface area (Å²) in [4.78, 5) is 16.2. The Kier molecular flexibility index (Phi) is 6.11. The number of phenols is 1. The lowest BCUT2D eigenvalue weighted by Crippen LogP contribution is -2.09. The molecule has 0 bridgehead atoms. The van der Waals surface area contributed by atoms with Gasteiger partial charge in [-0.3, -0.25) is 4.21 Å². The molecule has 0 spiro atoms. The summed E-state index contributed by atoms with van der Waals surface area (Å²) in [5.74, 6) is -1.54. The number of aromatic hydroxyl groups is 1. The van der Waals surface area contributed by atoms with Crippen LogP contribution in [0.25, 0.3) is 10.9 Å². The SMILES string of the molecule is Cn1c(CS(=O)Cc2ccc(F)cc2)c(C(=O)O)c2c(Cn3cncn3)c(O)c(Br)cc21. The van der Waals surface area contributed by atoms with E-state index < -0.39 is 16.8 Å². The minimum Gasteiger partial charge on any atom is -0.506 e. The van der Waals surface area contributed by atoms with Gasteiger partial charge < -0.3 is 14.8 Å². The summed E-state index contributed by atoms with van der Waals surface area (Å²) in [5, 5.41) is 25.1. The Bertz CT molecular complexity index is 1340. The number of hydrogen-bond acceptors (Lipinski definition) is 5. The summed E-state index contributed by atoms with van der Waals surface area (Å²) in [6.07, 6.45) is 2.81. The van der Waals surface area contributed by atoms with Crippen LogP contribution in [0.15, 0.2) is 47.5 Å². The number of phenolic OH excluding ortho intramolecular Hbond substituents is 1. The number of carbonyl (C=O) groups is 1. The smallest absolute Gasteiger partial charge is 0.338 e. The van der Waals surface area contributed by atoms with E-state index in [1.807, 2.05) is 0 Å². The molecule has 0 saturated carbocycles.